The van der Waals surface area contributed by atoms with Crippen molar-refractivity contribution < 1.29 is 4.79 Å². The van der Waals surface area contributed by atoms with E-state index in [2.05, 4.69) is 42.2 Å². The molecule has 0 atom stereocenters. The number of aromatic nitrogens is 1. The van der Waals surface area contributed by atoms with E-state index < -0.39 is 0 Å². The van der Waals surface area contributed by atoms with E-state index in [1.807, 2.05) is 12.1 Å². The molecule has 92 valence electrons. The van der Waals surface area contributed by atoms with Crippen LogP contribution in [-0.4, -0.2) is 10.9 Å². The van der Waals surface area contributed by atoms with Crippen molar-refractivity contribution in [2.24, 2.45) is 0 Å². The monoisotopic (exact) mass is 370 g/mol. The average Bonchev–Trinajstić information content (AvgIpc) is 2.34. The van der Waals surface area contributed by atoms with Crippen molar-refractivity contribution >= 4 is 43.5 Å². The second-order valence-electron chi connectivity index (χ2n) is 3.51. The van der Waals surface area contributed by atoms with Crippen LogP contribution in [0, 0.1) is 0 Å². The summed E-state index contributed by atoms with van der Waals surface area (Å²) in [7, 11) is 0. The molecule has 2 aromatic rings. The minimum atomic E-state index is -0.369. The number of benzene rings is 1. The number of pyridine rings is 1. The fourth-order valence-electron chi connectivity index (χ4n) is 1.36. The van der Waals surface area contributed by atoms with Crippen molar-refractivity contribution in [3.63, 3.8) is 0 Å². The quantitative estimate of drug-likeness (QED) is 0.851. The molecular formula is C12H8Br2N2O2. The van der Waals surface area contributed by atoms with Crippen LogP contribution in [0.15, 0.2) is 50.1 Å². The highest BCUT2D eigenvalue weighted by Crippen LogP contribution is 2.26. The number of rotatable bonds is 2. The largest absolute Gasteiger partial charge is 0.320 e. The van der Waals surface area contributed by atoms with Gasteiger partial charge >= 0.3 is 0 Å². The van der Waals surface area contributed by atoms with E-state index in [1.165, 1.54) is 12.1 Å². The number of carbonyl (C=O) groups is 1. The Labute approximate surface area is 120 Å². The summed E-state index contributed by atoms with van der Waals surface area (Å²) in [5.74, 6) is -0.369. The normalized spacial score (nSPS) is 10.1. The first-order valence-electron chi connectivity index (χ1n) is 5.02. The molecule has 0 aliphatic carbocycles. The Balaban J connectivity index is 2.26. The Morgan fingerprint density at radius 2 is 1.94 bits per heavy atom. The summed E-state index contributed by atoms with van der Waals surface area (Å²) in [4.78, 5) is 25.5. The number of anilines is 1. The van der Waals surface area contributed by atoms with Gasteiger partial charge in [0.1, 0.15) is 5.69 Å². The van der Waals surface area contributed by atoms with Crippen molar-refractivity contribution in [3.05, 3.63) is 61.4 Å². The molecule has 4 nitrogen and oxygen atoms in total. The molecule has 1 aromatic carbocycles. The van der Waals surface area contributed by atoms with E-state index in [-0.39, 0.29) is 17.2 Å². The molecule has 0 bridgehead atoms. The summed E-state index contributed by atoms with van der Waals surface area (Å²) < 4.78 is 1.61. The number of halogens is 2. The van der Waals surface area contributed by atoms with Crippen LogP contribution in [0.2, 0.25) is 0 Å². The van der Waals surface area contributed by atoms with Gasteiger partial charge in [-0.25, -0.2) is 0 Å². The average molecular weight is 372 g/mol. The van der Waals surface area contributed by atoms with Gasteiger partial charge in [0.25, 0.3) is 5.91 Å². The standard InChI is InChI=1S/C12H8Br2N2O2/c13-7-4-5-8(14)10(6-7)16-12(18)9-2-1-3-11(17)15-9/h1-6H,(H,15,17)(H,16,18). The second-order valence-corrected chi connectivity index (χ2v) is 5.28. The van der Waals surface area contributed by atoms with Crippen LogP contribution in [0.1, 0.15) is 10.5 Å². The number of aromatic amines is 1. The van der Waals surface area contributed by atoms with Gasteiger partial charge in [-0.15, -0.1) is 0 Å². The third kappa shape index (κ3) is 3.08. The molecule has 0 spiro atoms. The zero-order valence-electron chi connectivity index (χ0n) is 9.04. The van der Waals surface area contributed by atoms with Crippen molar-refractivity contribution in [3.8, 4) is 0 Å². The van der Waals surface area contributed by atoms with Crippen molar-refractivity contribution in [1.82, 2.24) is 4.98 Å². The first kappa shape index (κ1) is 13.0. The van der Waals surface area contributed by atoms with Crippen LogP contribution in [-0.2, 0) is 0 Å². The summed E-state index contributed by atoms with van der Waals surface area (Å²) in [6.45, 7) is 0. The Morgan fingerprint density at radius 3 is 2.67 bits per heavy atom. The minimum Gasteiger partial charge on any atom is -0.320 e. The highest BCUT2D eigenvalue weighted by Gasteiger charge is 2.09. The number of amides is 1. The lowest BCUT2D eigenvalue weighted by Gasteiger charge is -2.07. The fraction of sp³-hybridized carbons (Fsp3) is 0. The second kappa shape index (κ2) is 5.49. The predicted octanol–water partition coefficient (Wildman–Crippen LogP) is 3.15. The molecule has 6 heteroatoms. The molecule has 0 radical (unpaired) electrons. The molecule has 0 aliphatic rings. The van der Waals surface area contributed by atoms with Crippen molar-refractivity contribution in [2.45, 2.75) is 0 Å². The van der Waals surface area contributed by atoms with Gasteiger partial charge in [-0.2, -0.15) is 0 Å². The van der Waals surface area contributed by atoms with E-state index in [9.17, 15) is 9.59 Å². The van der Waals surface area contributed by atoms with Crippen LogP contribution in [0.5, 0.6) is 0 Å². The maximum absolute atomic E-state index is 11.9. The van der Waals surface area contributed by atoms with Gasteiger partial charge in [-0.05, 0) is 40.2 Å². The van der Waals surface area contributed by atoms with Crippen molar-refractivity contribution in [2.75, 3.05) is 5.32 Å². The highest BCUT2D eigenvalue weighted by atomic mass is 79.9. The number of hydrogen-bond acceptors (Lipinski definition) is 2. The maximum Gasteiger partial charge on any atom is 0.272 e. The van der Waals surface area contributed by atoms with Gasteiger partial charge in [0.05, 0.1) is 5.69 Å². The molecule has 0 unspecified atom stereocenters. The van der Waals surface area contributed by atoms with Crippen LogP contribution < -0.4 is 10.9 Å². The molecule has 0 aliphatic heterocycles. The number of hydrogen-bond donors (Lipinski definition) is 2. The van der Waals surface area contributed by atoms with Gasteiger partial charge in [-0.1, -0.05) is 22.0 Å². The lowest BCUT2D eigenvalue weighted by molar-refractivity contribution is 0.102. The fourth-order valence-corrected chi connectivity index (χ4v) is 2.07. The van der Waals surface area contributed by atoms with Crippen LogP contribution in [0.4, 0.5) is 5.69 Å². The zero-order valence-corrected chi connectivity index (χ0v) is 12.2. The maximum atomic E-state index is 11.9. The third-order valence-electron chi connectivity index (χ3n) is 2.19. The molecule has 0 fully saturated rings. The van der Waals surface area contributed by atoms with E-state index in [0.29, 0.717) is 5.69 Å². The van der Waals surface area contributed by atoms with Gasteiger partial charge < -0.3 is 10.3 Å². The molecule has 0 saturated heterocycles. The van der Waals surface area contributed by atoms with Gasteiger partial charge in [-0.3, -0.25) is 9.59 Å². The lowest BCUT2D eigenvalue weighted by Crippen LogP contribution is -2.18. The summed E-state index contributed by atoms with van der Waals surface area (Å²) in [5, 5.41) is 2.71. The molecule has 1 heterocycles. The summed E-state index contributed by atoms with van der Waals surface area (Å²) in [6.07, 6.45) is 0. The van der Waals surface area contributed by atoms with E-state index >= 15 is 0 Å². The minimum absolute atomic E-state index is 0.217. The van der Waals surface area contributed by atoms with E-state index in [0.717, 1.165) is 8.95 Å². The van der Waals surface area contributed by atoms with Gasteiger partial charge in [0.2, 0.25) is 5.56 Å². The van der Waals surface area contributed by atoms with Crippen LogP contribution in [0.3, 0.4) is 0 Å². The summed E-state index contributed by atoms with van der Waals surface area (Å²) in [5.41, 5.74) is 0.532. The number of H-pyrrole nitrogens is 1. The molecule has 2 rings (SSSR count). The van der Waals surface area contributed by atoms with Crippen LogP contribution >= 0.6 is 31.9 Å². The molecule has 0 saturated carbocycles. The number of carbonyl (C=O) groups excluding carboxylic acids is 1. The molecule has 18 heavy (non-hydrogen) atoms. The molecular weight excluding hydrogens is 364 g/mol. The molecule has 1 aromatic heterocycles. The summed E-state index contributed by atoms with van der Waals surface area (Å²) in [6, 6.07) is 9.86. The SMILES string of the molecule is O=C(Nc1cc(Br)ccc1Br)c1cccc(=O)[nH]1. The van der Waals surface area contributed by atoms with Gasteiger partial charge in [0, 0.05) is 15.0 Å². The topological polar surface area (TPSA) is 62.0 Å². The predicted molar refractivity (Wildman–Crippen MR) is 76.9 cm³/mol. The molecule has 1 amide bonds. The number of nitrogens with one attached hydrogen (secondary N) is 2. The Kier molecular flexibility index (Phi) is 3.98. The van der Waals surface area contributed by atoms with E-state index in [4.69, 9.17) is 0 Å². The third-order valence-corrected chi connectivity index (χ3v) is 3.37. The highest BCUT2D eigenvalue weighted by molar-refractivity contribution is 9.11. The van der Waals surface area contributed by atoms with Crippen LogP contribution in [0.25, 0.3) is 0 Å². The smallest absolute Gasteiger partial charge is 0.272 e. The first-order valence-corrected chi connectivity index (χ1v) is 6.60. The zero-order chi connectivity index (χ0) is 13.1. The Morgan fingerprint density at radius 1 is 1.17 bits per heavy atom. The first-order chi connectivity index (χ1) is 8.56. The van der Waals surface area contributed by atoms with E-state index in [1.54, 1.807) is 12.1 Å². The Hall–Kier alpha value is -1.40. The Bertz CT molecular complexity index is 653. The van der Waals surface area contributed by atoms with Crippen molar-refractivity contribution in [1.29, 1.82) is 0 Å². The molecule has 2 N–H and O–H groups in total. The summed E-state index contributed by atoms with van der Waals surface area (Å²) >= 11 is 6.66. The van der Waals surface area contributed by atoms with Gasteiger partial charge in [0.15, 0.2) is 0 Å². The lowest BCUT2D eigenvalue weighted by atomic mass is 10.3.